The Morgan fingerprint density at radius 3 is 1.70 bits per heavy atom. The zero-order chi connectivity index (χ0) is 54.1. The van der Waals surface area contributed by atoms with Gasteiger partial charge in [-0.25, -0.2) is 0 Å². The van der Waals surface area contributed by atoms with Gasteiger partial charge < -0.3 is 20.6 Å². The topological polar surface area (TPSA) is 105 Å². The lowest BCUT2D eigenvalue weighted by atomic mass is 9.78. The number of nitrogens with one attached hydrogen (secondary N) is 2. The molecule has 0 saturated heterocycles. The van der Waals surface area contributed by atoms with Crippen molar-refractivity contribution in [3.63, 3.8) is 0 Å². The fourth-order valence-corrected chi connectivity index (χ4v) is 10.5. The van der Waals surface area contributed by atoms with Gasteiger partial charge in [-0.3, -0.25) is 14.4 Å². The van der Waals surface area contributed by atoms with Crippen molar-refractivity contribution in [2.45, 2.75) is 145 Å². The molecule has 0 saturated carbocycles. The van der Waals surface area contributed by atoms with Gasteiger partial charge in [0.15, 0.2) is 12.3 Å². The average Bonchev–Trinajstić information content (AvgIpc) is 3.47. The second kappa shape index (κ2) is 27.6. The van der Waals surface area contributed by atoms with E-state index in [-0.39, 0.29) is 23.0 Å². The van der Waals surface area contributed by atoms with Crippen LogP contribution in [0.2, 0.25) is 0 Å². The molecule has 2 aliphatic carbocycles. The molecule has 2 aliphatic rings. The van der Waals surface area contributed by atoms with E-state index >= 15 is 9.90 Å². The first-order valence-electron chi connectivity index (χ1n) is 28.5. The van der Waals surface area contributed by atoms with Crippen LogP contribution in [0.15, 0.2) is 156 Å². The van der Waals surface area contributed by atoms with Crippen molar-refractivity contribution >= 4 is 51.6 Å². The summed E-state index contributed by atoms with van der Waals surface area (Å²) in [4.78, 5) is 45.9. The van der Waals surface area contributed by atoms with E-state index < -0.39 is 11.5 Å². The summed E-state index contributed by atoms with van der Waals surface area (Å²) in [7, 11) is 0. The minimum atomic E-state index is -0.446. The van der Waals surface area contributed by atoms with E-state index in [1.165, 1.54) is 11.1 Å². The van der Waals surface area contributed by atoms with E-state index in [2.05, 4.69) is 110 Å². The molecule has 0 bridgehead atoms. The third-order valence-electron chi connectivity index (χ3n) is 15.5. The van der Waals surface area contributed by atoms with Gasteiger partial charge in [-0.05, 0) is 129 Å². The number of Topliss-reactive ketones (excluding diaryl/α,β-unsaturated/α-hetero) is 1. The van der Waals surface area contributed by atoms with Crippen LogP contribution >= 0.6 is 0 Å². The van der Waals surface area contributed by atoms with Crippen molar-refractivity contribution in [1.82, 2.24) is 5.32 Å². The molecule has 8 nitrogen and oxygen atoms in total. The zero-order valence-corrected chi connectivity index (χ0v) is 46.7. The zero-order valence-electron chi connectivity index (χ0n) is 46.7. The van der Waals surface area contributed by atoms with Crippen LogP contribution in [0.25, 0.3) is 5.57 Å². The Kier molecular flexibility index (Phi) is 20.6. The lowest BCUT2D eigenvalue weighted by Gasteiger charge is -2.35. The summed E-state index contributed by atoms with van der Waals surface area (Å²) < 4.78 is 2.31. The van der Waals surface area contributed by atoms with Gasteiger partial charge in [0, 0.05) is 81.5 Å². The highest BCUT2D eigenvalue weighted by atomic mass is 16.3. The van der Waals surface area contributed by atoms with Crippen molar-refractivity contribution in [3.05, 3.63) is 195 Å². The number of hydrogen-bond donors (Lipinski definition) is 2. The lowest BCUT2D eigenvalue weighted by Crippen LogP contribution is -2.34. The predicted octanol–water partition coefficient (Wildman–Crippen LogP) is 15.4. The predicted molar refractivity (Wildman–Crippen MR) is 314 cm³/mol. The number of ketones is 1. The van der Waals surface area contributed by atoms with Crippen LogP contribution in [0.1, 0.15) is 167 Å². The fourth-order valence-electron chi connectivity index (χ4n) is 10.5. The minimum absolute atomic E-state index is 0.00500. The summed E-state index contributed by atoms with van der Waals surface area (Å²) in [5, 5.41) is 21.4. The highest BCUT2D eigenvalue weighted by Crippen LogP contribution is 2.43. The van der Waals surface area contributed by atoms with Crippen LogP contribution in [-0.4, -0.2) is 41.0 Å². The van der Waals surface area contributed by atoms with Gasteiger partial charge in [-0.1, -0.05) is 159 Å². The number of rotatable bonds is 26. The largest absolute Gasteiger partial charge is 0.871 e. The van der Waals surface area contributed by atoms with Gasteiger partial charge in [-0.2, -0.15) is 4.58 Å². The Morgan fingerprint density at radius 2 is 1.14 bits per heavy atom. The summed E-state index contributed by atoms with van der Waals surface area (Å²) in [5.41, 5.74) is 10.4. The van der Waals surface area contributed by atoms with Crippen LogP contribution in [-0.2, 0) is 17.6 Å². The second-order valence-electron chi connectivity index (χ2n) is 21.0. The van der Waals surface area contributed by atoms with Crippen LogP contribution in [0.5, 0.6) is 0 Å². The molecule has 7 rings (SSSR count). The molecule has 2 unspecified atom stereocenters. The summed E-state index contributed by atoms with van der Waals surface area (Å²) in [6.07, 6.45) is 20.9. The van der Waals surface area contributed by atoms with Crippen molar-refractivity contribution in [2.24, 2.45) is 11.8 Å². The third-order valence-corrected chi connectivity index (χ3v) is 15.5. The summed E-state index contributed by atoms with van der Waals surface area (Å²) in [5.74, 6) is -0.737. The lowest BCUT2D eigenvalue weighted by molar-refractivity contribution is -0.448. The van der Waals surface area contributed by atoms with Gasteiger partial charge in [0.05, 0.1) is 11.4 Å². The van der Waals surface area contributed by atoms with E-state index in [1.807, 2.05) is 86.7 Å². The number of benzene rings is 5. The number of carbonyl (C=O) groups is 3. The third kappa shape index (κ3) is 13.9. The quantitative estimate of drug-likeness (QED) is 0.0424. The van der Waals surface area contributed by atoms with Crippen LogP contribution in [0.4, 0.5) is 22.7 Å². The number of hydrogen-bond acceptors (Lipinski definition) is 5. The molecule has 8 heteroatoms. The van der Waals surface area contributed by atoms with Gasteiger partial charge in [0.1, 0.15) is 0 Å². The first-order valence-corrected chi connectivity index (χ1v) is 28.5. The number of anilines is 3. The van der Waals surface area contributed by atoms with E-state index in [0.717, 1.165) is 137 Å². The van der Waals surface area contributed by atoms with Crippen molar-refractivity contribution in [2.75, 3.05) is 23.3 Å². The summed E-state index contributed by atoms with van der Waals surface area (Å²) >= 11 is 0. The van der Waals surface area contributed by atoms with Crippen LogP contribution in [0, 0.1) is 25.7 Å². The highest BCUT2D eigenvalue weighted by molar-refractivity contribution is 6.40. The number of amides is 2. The number of unbranched alkanes of at least 4 members (excludes halogenated alkanes) is 4. The monoisotopic (exact) mass is 1020 g/mol. The molecular weight excluding hydrogens is 937 g/mol. The van der Waals surface area contributed by atoms with Crippen molar-refractivity contribution in [3.8, 4) is 0 Å². The Hall–Kier alpha value is -7.06. The summed E-state index contributed by atoms with van der Waals surface area (Å²) in [6, 6.07) is 38.1. The fraction of sp³-hybridized carbons (Fsp3) is 0.382. The molecular formula is C68H82N4O4. The Morgan fingerprint density at radius 1 is 0.605 bits per heavy atom. The molecule has 398 valence electrons. The van der Waals surface area contributed by atoms with Crippen molar-refractivity contribution in [1.29, 1.82) is 0 Å². The highest BCUT2D eigenvalue weighted by Gasteiger charge is 2.36. The van der Waals surface area contributed by atoms with Gasteiger partial charge in [-0.15, -0.1) is 0 Å². The average molecular weight is 1020 g/mol. The van der Waals surface area contributed by atoms with Crippen LogP contribution < -0.4 is 20.6 Å². The Balaban J connectivity index is 1.38. The molecule has 0 fully saturated rings. The number of aryl methyl sites for hydroxylation is 4. The molecule has 0 spiro atoms. The van der Waals surface area contributed by atoms with E-state index in [9.17, 15) is 9.59 Å². The molecule has 5 aromatic carbocycles. The van der Waals surface area contributed by atoms with Gasteiger partial charge in [0.2, 0.25) is 11.4 Å². The standard InChI is InChI=1S/C68H82N4O4/c1-9-15-25-49(13-5)45-71(53-35-31-51(32-36-53)27-17-11-3)55-39-41-59(61(43-55)69-67(75)57-29-21-19-23-47(57)7)63-65(73)64(66(63)74)60-42-40-56(44-62(60)70-68(76)58-30-22-20-24-48(58)8)72(46-50(14-6)26-16-10-2)54-37-33-52(34-38-54)28-18-12-4/h19-24,29-44,49-50H,9-18,25-28,45-46H2,1-8H3,(H2,69,70,73,74,75,76). The maximum atomic E-state index is 15.0. The second-order valence-corrected chi connectivity index (χ2v) is 21.0. The first kappa shape index (κ1) is 56.7. The SMILES string of the molecule is CCCCc1ccc(N(CC(CC)CCCC)c2ccc(C3=C([O-])/C(=C4/C=CC(=[N+](CC(CC)CCCC)c5ccc(CCCC)cc5)C=C4NC(=O)c4ccccc4C)C3=O)c(NC(=O)c3ccccc3C)c2)cc1. The molecule has 0 aromatic heterocycles. The number of allylic oxidation sites excluding steroid dienone is 5. The van der Waals surface area contributed by atoms with Gasteiger partial charge >= 0.3 is 0 Å². The van der Waals surface area contributed by atoms with Gasteiger partial charge in [0.25, 0.3) is 11.8 Å². The smallest absolute Gasteiger partial charge is 0.255 e. The van der Waals surface area contributed by atoms with Crippen LogP contribution in [0.3, 0.4) is 0 Å². The molecule has 76 heavy (non-hydrogen) atoms. The first-order chi connectivity index (χ1) is 36.9. The molecule has 2 atom stereocenters. The number of nitrogens with zero attached hydrogens (tertiary/aromatic N) is 2. The Bertz CT molecular complexity index is 2990. The number of carbonyl (C=O) groups excluding carboxylic acids is 3. The van der Waals surface area contributed by atoms with E-state index in [4.69, 9.17) is 0 Å². The molecule has 0 radical (unpaired) electrons. The minimum Gasteiger partial charge on any atom is -0.871 e. The van der Waals surface area contributed by atoms with E-state index in [0.29, 0.717) is 45.5 Å². The molecule has 5 aromatic rings. The Labute approximate surface area is 454 Å². The molecule has 0 heterocycles. The molecule has 0 aliphatic heterocycles. The molecule has 2 amide bonds. The van der Waals surface area contributed by atoms with Crippen molar-refractivity contribution < 1.29 is 24.1 Å². The van der Waals surface area contributed by atoms with E-state index in [1.54, 1.807) is 12.1 Å². The summed E-state index contributed by atoms with van der Waals surface area (Å²) in [6.45, 7) is 18.7. The maximum absolute atomic E-state index is 15.0. The molecule has 2 N–H and O–H groups in total. The normalized spacial score (nSPS) is 15.7. The maximum Gasteiger partial charge on any atom is 0.255 e.